The third-order valence-electron chi connectivity index (χ3n) is 6.49. The van der Waals surface area contributed by atoms with Gasteiger partial charge in [0, 0.05) is 19.5 Å². The molecular formula is C26H22F3N3O6. The molecule has 2 saturated heterocycles. The standard InChI is InChI=1S/C24H21N3O4.C2HF3O2/c28-21(29)20-13-24(15-25-20)22(30)27(18-10-2-1-3-11-18)23(31)26(24)14-17-9-6-8-16-7-4-5-12-19(16)17;3-2(4,5)1(6)7/h1-12,20,25H,13-15H2,(H,28,29);(H,6,7)/t20-,24-;/m0./s1. The lowest BCUT2D eigenvalue weighted by molar-refractivity contribution is -0.192. The van der Waals surface area contributed by atoms with Gasteiger partial charge in [-0.15, -0.1) is 0 Å². The maximum atomic E-state index is 13.6. The largest absolute Gasteiger partial charge is 0.490 e. The van der Waals surface area contributed by atoms with Crippen LogP contribution in [0.5, 0.6) is 0 Å². The number of amides is 3. The predicted octanol–water partition coefficient (Wildman–Crippen LogP) is 3.63. The summed E-state index contributed by atoms with van der Waals surface area (Å²) in [6, 6.07) is 21.2. The normalized spacial score (nSPS) is 21.1. The smallest absolute Gasteiger partial charge is 0.480 e. The first-order valence-electron chi connectivity index (χ1n) is 11.4. The third kappa shape index (κ3) is 4.90. The maximum Gasteiger partial charge on any atom is 0.490 e. The second kappa shape index (κ2) is 10.1. The highest BCUT2D eigenvalue weighted by Crippen LogP contribution is 2.39. The van der Waals surface area contributed by atoms with E-state index in [1.54, 1.807) is 29.2 Å². The number of halogens is 3. The van der Waals surface area contributed by atoms with Crippen LogP contribution in [0.3, 0.4) is 0 Å². The van der Waals surface area contributed by atoms with Gasteiger partial charge >= 0.3 is 24.1 Å². The average molecular weight is 529 g/mol. The summed E-state index contributed by atoms with van der Waals surface area (Å²) in [5.74, 6) is -4.17. The highest BCUT2D eigenvalue weighted by atomic mass is 19.4. The molecule has 0 bridgehead atoms. The van der Waals surface area contributed by atoms with Crippen molar-refractivity contribution in [3.63, 3.8) is 0 Å². The summed E-state index contributed by atoms with van der Waals surface area (Å²) < 4.78 is 31.7. The van der Waals surface area contributed by atoms with E-state index < -0.39 is 35.7 Å². The highest BCUT2D eigenvalue weighted by molar-refractivity contribution is 6.23. The topological polar surface area (TPSA) is 127 Å². The van der Waals surface area contributed by atoms with Gasteiger partial charge in [-0.1, -0.05) is 60.7 Å². The van der Waals surface area contributed by atoms with Crippen molar-refractivity contribution in [3.05, 3.63) is 78.4 Å². The van der Waals surface area contributed by atoms with Crippen LogP contribution in [0.2, 0.25) is 0 Å². The van der Waals surface area contributed by atoms with Crippen LogP contribution >= 0.6 is 0 Å². The number of hydrogen-bond acceptors (Lipinski definition) is 5. The highest BCUT2D eigenvalue weighted by Gasteiger charge is 2.61. The minimum atomic E-state index is -5.08. The van der Waals surface area contributed by atoms with Crippen LogP contribution in [-0.4, -0.2) is 63.3 Å². The molecule has 3 N–H and O–H groups in total. The summed E-state index contributed by atoms with van der Waals surface area (Å²) in [5, 5.41) is 21.6. The van der Waals surface area contributed by atoms with Gasteiger partial charge in [0.15, 0.2) is 0 Å². The number of nitrogens with zero attached hydrogens (tertiary/aromatic N) is 2. The Kier molecular flexibility index (Phi) is 7.09. The number of nitrogens with one attached hydrogen (secondary N) is 1. The zero-order chi connectivity index (χ0) is 27.7. The Bertz CT molecular complexity index is 1390. The lowest BCUT2D eigenvalue weighted by Gasteiger charge is -2.31. The van der Waals surface area contributed by atoms with E-state index in [9.17, 15) is 32.7 Å². The Morgan fingerprint density at radius 3 is 2.16 bits per heavy atom. The average Bonchev–Trinajstić information content (AvgIpc) is 3.41. The van der Waals surface area contributed by atoms with Crippen LogP contribution in [0.25, 0.3) is 10.8 Å². The van der Waals surface area contributed by atoms with Gasteiger partial charge in [0.25, 0.3) is 5.91 Å². The quantitative estimate of drug-likeness (QED) is 0.441. The van der Waals surface area contributed by atoms with Gasteiger partial charge in [-0.05, 0) is 28.5 Å². The van der Waals surface area contributed by atoms with Crippen LogP contribution in [0.15, 0.2) is 72.8 Å². The number of alkyl halides is 3. The molecule has 3 aromatic carbocycles. The molecule has 0 aromatic heterocycles. The molecule has 2 heterocycles. The van der Waals surface area contributed by atoms with Crippen molar-refractivity contribution in [3.8, 4) is 0 Å². The van der Waals surface area contributed by atoms with E-state index in [2.05, 4.69) is 5.32 Å². The Hall–Kier alpha value is -4.45. The van der Waals surface area contributed by atoms with E-state index in [-0.39, 0.29) is 25.4 Å². The van der Waals surface area contributed by atoms with Crippen molar-refractivity contribution in [1.82, 2.24) is 10.2 Å². The number of rotatable bonds is 4. The van der Waals surface area contributed by atoms with Gasteiger partial charge in [-0.2, -0.15) is 13.2 Å². The van der Waals surface area contributed by atoms with E-state index in [0.29, 0.717) is 5.69 Å². The molecule has 1 spiro atoms. The third-order valence-corrected chi connectivity index (χ3v) is 6.49. The minimum Gasteiger partial charge on any atom is -0.480 e. The first kappa shape index (κ1) is 26.6. The monoisotopic (exact) mass is 529 g/mol. The SMILES string of the molecule is O=C(O)C(F)(F)F.O=C(O)[C@@H]1C[C@]2(CN1)C(=O)N(c1ccccc1)C(=O)N2Cc1cccc2ccccc12. The van der Waals surface area contributed by atoms with Gasteiger partial charge in [0.05, 0.1) is 5.69 Å². The molecule has 198 valence electrons. The Labute approximate surface area is 214 Å². The van der Waals surface area contributed by atoms with Crippen molar-refractivity contribution < 1.29 is 42.6 Å². The van der Waals surface area contributed by atoms with E-state index in [1.807, 2.05) is 48.5 Å². The lowest BCUT2D eigenvalue weighted by Crippen LogP contribution is -2.51. The molecule has 12 heteroatoms. The lowest BCUT2D eigenvalue weighted by atomic mass is 9.92. The molecule has 3 aromatic rings. The van der Waals surface area contributed by atoms with Crippen LogP contribution in [0, 0.1) is 0 Å². The number of benzene rings is 3. The van der Waals surface area contributed by atoms with Gasteiger partial charge in [-0.25, -0.2) is 14.5 Å². The van der Waals surface area contributed by atoms with Crippen LogP contribution in [-0.2, 0) is 20.9 Å². The number of carbonyl (C=O) groups excluding carboxylic acids is 2. The second-order valence-electron chi connectivity index (χ2n) is 8.79. The van der Waals surface area contributed by atoms with Gasteiger partial charge in [0.2, 0.25) is 0 Å². The zero-order valence-corrected chi connectivity index (χ0v) is 19.7. The van der Waals surface area contributed by atoms with Gasteiger partial charge in [-0.3, -0.25) is 9.59 Å². The number of para-hydroxylation sites is 1. The molecular weight excluding hydrogens is 507 g/mol. The molecule has 38 heavy (non-hydrogen) atoms. The van der Waals surface area contributed by atoms with Crippen molar-refractivity contribution in [2.24, 2.45) is 0 Å². The molecule has 2 atom stereocenters. The number of carboxylic acids is 2. The summed E-state index contributed by atoms with van der Waals surface area (Å²) in [7, 11) is 0. The number of urea groups is 1. The fraction of sp³-hybridized carbons (Fsp3) is 0.231. The molecule has 2 aliphatic rings. The number of aliphatic carboxylic acids is 2. The fourth-order valence-electron chi connectivity index (χ4n) is 4.66. The van der Waals surface area contributed by atoms with Crippen LogP contribution in [0.4, 0.5) is 23.7 Å². The number of carbonyl (C=O) groups is 4. The molecule has 5 rings (SSSR count). The summed E-state index contributed by atoms with van der Waals surface area (Å²) in [6.07, 6.45) is -5.05. The van der Waals surface area contributed by atoms with Crippen molar-refractivity contribution in [1.29, 1.82) is 0 Å². The second-order valence-corrected chi connectivity index (χ2v) is 8.79. The summed E-state index contributed by atoms with van der Waals surface area (Å²) in [5.41, 5.74) is 0.149. The molecule has 3 amide bonds. The first-order chi connectivity index (χ1) is 18.0. The van der Waals surface area contributed by atoms with E-state index in [4.69, 9.17) is 9.90 Å². The summed E-state index contributed by atoms with van der Waals surface area (Å²) in [6.45, 7) is 0.311. The Balaban J connectivity index is 0.000000426. The molecule has 0 unspecified atom stereocenters. The number of fused-ring (bicyclic) bond motifs is 1. The molecule has 2 aliphatic heterocycles. The molecule has 2 fully saturated rings. The van der Waals surface area contributed by atoms with Crippen molar-refractivity contribution >= 4 is 40.3 Å². The number of anilines is 1. The van der Waals surface area contributed by atoms with E-state index in [0.717, 1.165) is 16.3 Å². The van der Waals surface area contributed by atoms with Crippen molar-refractivity contribution in [2.75, 3.05) is 11.4 Å². The number of hydrogen-bond donors (Lipinski definition) is 3. The summed E-state index contributed by atoms with van der Waals surface area (Å²) in [4.78, 5) is 50.4. The molecule has 0 aliphatic carbocycles. The van der Waals surface area contributed by atoms with E-state index in [1.165, 1.54) is 4.90 Å². The predicted molar refractivity (Wildman–Crippen MR) is 129 cm³/mol. The van der Waals surface area contributed by atoms with Crippen LogP contribution < -0.4 is 10.2 Å². The van der Waals surface area contributed by atoms with E-state index >= 15 is 0 Å². The minimum absolute atomic E-state index is 0.0288. The number of imide groups is 1. The molecule has 0 saturated carbocycles. The first-order valence-corrected chi connectivity index (χ1v) is 11.4. The Morgan fingerprint density at radius 1 is 0.947 bits per heavy atom. The van der Waals surface area contributed by atoms with Gasteiger partial charge in [0.1, 0.15) is 11.6 Å². The van der Waals surface area contributed by atoms with Crippen molar-refractivity contribution in [2.45, 2.75) is 30.7 Å². The Morgan fingerprint density at radius 2 is 1.55 bits per heavy atom. The molecule has 0 radical (unpaired) electrons. The van der Waals surface area contributed by atoms with Crippen LogP contribution in [0.1, 0.15) is 12.0 Å². The summed E-state index contributed by atoms with van der Waals surface area (Å²) >= 11 is 0. The fourth-order valence-corrected chi connectivity index (χ4v) is 4.66. The maximum absolute atomic E-state index is 13.6. The molecule has 9 nitrogen and oxygen atoms in total. The number of carboxylic acid groups (broad SMARTS) is 2. The van der Waals surface area contributed by atoms with Gasteiger partial charge < -0.3 is 20.4 Å². The zero-order valence-electron chi connectivity index (χ0n) is 19.7.